The molecule has 55 heavy (non-hydrogen) atoms. The van der Waals surface area contributed by atoms with Gasteiger partial charge in [-0.1, -0.05) is 50.3 Å². The molecule has 3 aliphatic heterocycles. The zero-order chi connectivity index (χ0) is 38.9. The molecule has 0 spiro atoms. The third kappa shape index (κ3) is 8.69. The summed E-state index contributed by atoms with van der Waals surface area (Å²) in [4.78, 5) is 50.0. The molecule has 7 rings (SSSR count). The van der Waals surface area contributed by atoms with Gasteiger partial charge in [-0.25, -0.2) is 9.48 Å². The first kappa shape index (κ1) is 39.2. The van der Waals surface area contributed by atoms with Crippen LogP contribution >= 0.6 is 0 Å². The zero-order valence-corrected chi connectivity index (χ0v) is 34.2. The van der Waals surface area contributed by atoms with Crippen molar-refractivity contribution < 1.29 is 24.2 Å². The van der Waals surface area contributed by atoms with E-state index < -0.39 is 31.8 Å². The van der Waals surface area contributed by atoms with Crippen molar-refractivity contribution in [3.8, 4) is 0 Å². The molecule has 13 heteroatoms. The van der Waals surface area contributed by atoms with E-state index in [9.17, 15) is 19.5 Å². The van der Waals surface area contributed by atoms with Crippen molar-refractivity contribution in [2.45, 2.75) is 108 Å². The Morgan fingerprint density at radius 1 is 1.00 bits per heavy atom. The fourth-order valence-corrected chi connectivity index (χ4v) is 9.50. The van der Waals surface area contributed by atoms with Gasteiger partial charge >= 0.3 is 6.09 Å². The standard InChI is InChI=1S/C42H58N6O6Si/c1-29-23-32(24-33-26-48(44-38(29)33)28-53-21-22-55(3,4)5)36-27-47(20-15-42(36,52)35-25-31-11-7-8-12-37(31)43-39(35)49)41(51)54-30(2)40(50)46-18-13-34(14-19-46)45-16-9-6-10-17-45/h7-8,11-12,23-26,30,34,36,52H,6,9-10,13-22,27-28H2,1-5H3,(H,43,49). The summed E-state index contributed by atoms with van der Waals surface area (Å²) in [7, 11) is -1.23. The molecule has 2 N–H and O–H groups in total. The van der Waals surface area contributed by atoms with Crippen LogP contribution < -0.4 is 5.56 Å². The maximum absolute atomic E-state index is 13.8. The topological polar surface area (TPSA) is 133 Å². The molecule has 0 saturated carbocycles. The molecule has 296 valence electrons. The molecule has 0 aliphatic carbocycles. The lowest BCUT2D eigenvalue weighted by Crippen LogP contribution is -2.53. The van der Waals surface area contributed by atoms with E-state index in [1.165, 1.54) is 19.3 Å². The van der Waals surface area contributed by atoms with Gasteiger partial charge < -0.3 is 34.3 Å². The molecule has 3 aliphatic rings. The van der Waals surface area contributed by atoms with E-state index in [4.69, 9.17) is 14.6 Å². The van der Waals surface area contributed by atoms with Crippen LogP contribution in [0.1, 0.15) is 68.1 Å². The summed E-state index contributed by atoms with van der Waals surface area (Å²) in [5.41, 5.74) is 1.47. The van der Waals surface area contributed by atoms with Crippen molar-refractivity contribution in [3.63, 3.8) is 0 Å². The molecule has 3 fully saturated rings. The molecular weight excluding hydrogens is 713 g/mol. The number of likely N-dealkylation sites (tertiary alicyclic amines) is 3. The van der Waals surface area contributed by atoms with E-state index in [-0.39, 0.29) is 36.5 Å². The summed E-state index contributed by atoms with van der Waals surface area (Å²) >= 11 is 0. The Labute approximate surface area is 324 Å². The number of aliphatic hydroxyl groups is 1. The van der Waals surface area contributed by atoms with E-state index in [2.05, 4.69) is 29.5 Å². The lowest BCUT2D eigenvalue weighted by molar-refractivity contribution is -0.142. The van der Waals surface area contributed by atoms with Crippen molar-refractivity contribution >= 4 is 41.9 Å². The summed E-state index contributed by atoms with van der Waals surface area (Å²) < 4.78 is 13.6. The van der Waals surface area contributed by atoms with Crippen molar-refractivity contribution in [2.24, 2.45) is 0 Å². The molecule has 2 amide bonds. The van der Waals surface area contributed by atoms with Gasteiger partial charge in [0.2, 0.25) is 0 Å². The predicted molar refractivity (Wildman–Crippen MR) is 217 cm³/mol. The number of ether oxygens (including phenoxy) is 2. The minimum absolute atomic E-state index is 0.0859. The maximum Gasteiger partial charge on any atom is 0.410 e. The summed E-state index contributed by atoms with van der Waals surface area (Å²) in [6, 6.07) is 14.8. The quantitative estimate of drug-likeness (QED) is 0.145. The van der Waals surface area contributed by atoms with Crippen LogP contribution in [0.4, 0.5) is 4.79 Å². The average molecular weight is 771 g/mol. The normalized spacial score (nSPS) is 22.3. The molecule has 0 bridgehead atoms. The van der Waals surface area contributed by atoms with E-state index in [0.29, 0.717) is 38.0 Å². The number of H-pyrrole nitrogens is 1. The Kier molecular flexibility index (Phi) is 11.6. The highest BCUT2D eigenvalue weighted by Crippen LogP contribution is 2.44. The first-order valence-corrected chi connectivity index (χ1v) is 23.9. The van der Waals surface area contributed by atoms with Gasteiger partial charge in [0, 0.05) is 69.9 Å². The number of amides is 2. The van der Waals surface area contributed by atoms with E-state index in [1.54, 1.807) is 22.6 Å². The van der Waals surface area contributed by atoms with E-state index in [0.717, 1.165) is 59.4 Å². The van der Waals surface area contributed by atoms with Crippen LogP contribution in [0, 0.1) is 6.92 Å². The molecule has 2 aromatic carbocycles. The minimum Gasteiger partial charge on any atom is -0.436 e. The van der Waals surface area contributed by atoms with Crippen LogP contribution in [0.15, 0.2) is 53.5 Å². The van der Waals surface area contributed by atoms with E-state index >= 15 is 0 Å². The van der Waals surface area contributed by atoms with Crippen LogP contribution in [-0.4, -0.2) is 113 Å². The Morgan fingerprint density at radius 2 is 1.75 bits per heavy atom. The van der Waals surface area contributed by atoms with Gasteiger partial charge in [-0.05, 0) is 99.8 Å². The lowest BCUT2D eigenvalue weighted by Gasteiger charge is -2.44. The highest BCUT2D eigenvalue weighted by atomic mass is 28.3. The first-order chi connectivity index (χ1) is 26.3. The van der Waals surface area contributed by atoms with Gasteiger partial charge in [0.25, 0.3) is 11.5 Å². The van der Waals surface area contributed by atoms with Crippen molar-refractivity contribution in [3.05, 3.63) is 75.7 Å². The molecule has 5 heterocycles. The van der Waals surface area contributed by atoms with Crippen molar-refractivity contribution in [1.82, 2.24) is 29.5 Å². The number of rotatable bonds is 10. The Balaban J connectivity index is 1.11. The molecule has 12 nitrogen and oxygen atoms in total. The van der Waals surface area contributed by atoms with Crippen molar-refractivity contribution in [2.75, 3.05) is 45.9 Å². The number of aromatic nitrogens is 3. The number of aryl methyl sites for hydroxylation is 1. The molecule has 0 radical (unpaired) electrons. The molecule has 2 aromatic heterocycles. The fourth-order valence-electron chi connectivity index (χ4n) is 8.74. The van der Waals surface area contributed by atoms with Crippen LogP contribution in [0.3, 0.4) is 0 Å². The summed E-state index contributed by atoms with van der Waals surface area (Å²) in [5.74, 6) is -0.865. The highest BCUT2D eigenvalue weighted by molar-refractivity contribution is 6.76. The predicted octanol–water partition coefficient (Wildman–Crippen LogP) is 6.18. The van der Waals surface area contributed by atoms with Gasteiger partial charge in [0.15, 0.2) is 6.10 Å². The number of nitrogens with one attached hydrogen (secondary N) is 1. The van der Waals surface area contributed by atoms with Gasteiger partial charge in [-0.2, -0.15) is 5.10 Å². The molecule has 3 unspecified atom stereocenters. The van der Waals surface area contributed by atoms with Gasteiger partial charge in [-0.3, -0.25) is 9.59 Å². The number of fused-ring (bicyclic) bond motifs is 2. The largest absolute Gasteiger partial charge is 0.436 e. The third-order valence-electron chi connectivity index (χ3n) is 12.0. The van der Waals surface area contributed by atoms with Crippen molar-refractivity contribution in [1.29, 1.82) is 0 Å². The van der Waals surface area contributed by atoms with Crippen LogP contribution in [-0.2, 0) is 26.6 Å². The summed E-state index contributed by atoms with van der Waals surface area (Å²) in [6.07, 6.45) is 6.14. The number of piperidine rings is 3. The minimum atomic E-state index is -1.61. The number of carbonyl (C=O) groups excluding carboxylic acids is 2. The molecule has 3 atom stereocenters. The number of nitrogens with zero attached hydrogens (tertiary/aromatic N) is 5. The number of hydrogen-bond donors (Lipinski definition) is 2. The van der Waals surface area contributed by atoms with Gasteiger partial charge in [-0.15, -0.1) is 0 Å². The van der Waals surface area contributed by atoms with Gasteiger partial charge in [0.1, 0.15) is 12.3 Å². The Morgan fingerprint density at radius 3 is 2.49 bits per heavy atom. The van der Waals surface area contributed by atoms with Crippen LogP contribution in [0.5, 0.6) is 0 Å². The molecular formula is C42H58N6O6Si. The zero-order valence-electron chi connectivity index (χ0n) is 33.2. The number of carbonyl (C=O) groups is 2. The summed E-state index contributed by atoms with van der Waals surface area (Å²) in [6.45, 7) is 15.4. The lowest BCUT2D eigenvalue weighted by atomic mass is 9.72. The molecule has 3 saturated heterocycles. The Bertz CT molecular complexity index is 2060. The highest BCUT2D eigenvalue weighted by Gasteiger charge is 2.47. The van der Waals surface area contributed by atoms with Crippen LogP contribution in [0.2, 0.25) is 25.7 Å². The third-order valence-corrected chi connectivity index (χ3v) is 13.7. The van der Waals surface area contributed by atoms with Gasteiger partial charge in [0.05, 0.1) is 11.1 Å². The number of pyridine rings is 1. The second kappa shape index (κ2) is 16.2. The SMILES string of the molecule is Cc1cc(C2CN(C(=O)OC(C)C(=O)N3CCC(N4CCCCC4)CC3)CCC2(O)c2cc3ccccc3[nH]c2=O)cc2cn(COCC[Si](C)(C)C)nc12. The maximum atomic E-state index is 13.8. The number of para-hydroxylation sites is 1. The van der Waals surface area contributed by atoms with Crippen LogP contribution in [0.25, 0.3) is 21.8 Å². The average Bonchev–Trinajstić information content (AvgIpc) is 3.59. The number of benzene rings is 2. The monoisotopic (exact) mass is 770 g/mol. The second-order valence-electron chi connectivity index (χ2n) is 17.2. The number of aromatic amines is 1. The summed E-state index contributed by atoms with van der Waals surface area (Å²) in [5, 5.41) is 19.2. The first-order valence-electron chi connectivity index (χ1n) is 20.2. The number of hydrogen-bond acceptors (Lipinski definition) is 8. The smallest absolute Gasteiger partial charge is 0.410 e. The second-order valence-corrected chi connectivity index (χ2v) is 22.9. The molecule has 4 aromatic rings. The van der Waals surface area contributed by atoms with E-state index in [1.807, 2.05) is 54.4 Å². The fraction of sp³-hybridized carbons (Fsp3) is 0.571. The Hall–Kier alpha value is -4.04.